The van der Waals surface area contributed by atoms with Crippen molar-refractivity contribution in [2.75, 3.05) is 13.1 Å². The number of phenolic OH excluding ortho intramolecular Hbond substituents is 1. The van der Waals surface area contributed by atoms with Crippen LogP contribution in [0.25, 0.3) is 0 Å². The standard InChI is InChI=1S/C14H21NO2S.C2H6/c1-11(2)13-10-12(6-7-14(13)16)18(17)15-8-4-3-5-9-15;1-2/h6-7,10-11,16H,3-5,8-9H2,1-2H3;1-2H3. The Balaban J connectivity index is 0.000000956. The van der Waals surface area contributed by atoms with Crippen LogP contribution in [0.3, 0.4) is 0 Å². The fourth-order valence-electron chi connectivity index (χ4n) is 2.28. The van der Waals surface area contributed by atoms with Gasteiger partial charge >= 0.3 is 0 Å². The van der Waals surface area contributed by atoms with Crippen molar-refractivity contribution in [2.24, 2.45) is 0 Å². The number of rotatable bonds is 3. The fourth-order valence-corrected chi connectivity index (χ4v) is 3.58. The van der Waals surface area contributed by atoms with Gasteiger partial charge < -0.3 is 5.11 Å². The van der Waals surface area contributed by atoms with E-state index < -0.39 is 11.0 Å². The van der Waals surface area contributed by atoms with E-state index in [2.05, 4.69) is 0 Å². The van der Waals surface area contributed by atoms with Crippen molar-refractivity contribution in [3.63, 3.8) is 0 Å². The highest BCUT2D eigenvalue weighted by atomic mass is 32.2. The minimum Gasteiger partial charge on any atom is -0.508 e. The van der Waals surface area contributed by atoms with Crippen molar-refractivity contribution in [2.45, 2.75) is 57.8 Å². The van der Waals surface area contributed by atoms with Crippen molar-refractivity contribution in [1.82, 2.24) is 4.31 Å². The summed E-state index contributed by atoms with van der Waals surface area (Å²) in [6, 6.07) is 5.31. The molecule has 1 heterocycles. The Labute approximate surface area is 125 Å². The second kappa shape index (κ2) is 8.42. The number of nitrogens with zero attached hydrogens (tertiary/aromatic N) is 1. The molecule has 1 saturated heterocycles. The molecule has 0 spiro atoms. The van der Waals surface area contributed by atoms with E-state index in [1.165, 1.54) is 6.42 Å². The maximum atomic E-state index is 12.4. The van der Waals surface area contributed by atoms with E-state index in [-0.39, 0.29) is 5.92 Å². The summed E-state index contributed by atoms with van der Waals surface area (Å²) in [5.41, 5.74) is 0.873. The molecule has 0 saturated carbocycles. The molecular weight excluding hydrogens is 270 g/mol. The number of benzene rings is 1. The first kappa shape index (κ1) is 17.2. The lowest BCUT2D eigenvalue weighted by Crippen LogP contribution is -2.31. The Morgan fingerprint density at radius 1 is 1.15 bits per heavy atom. The minimum absolute atomic E-state index is 0.239. The molecule has 20 heavy (non-hydrogen) atoms. The maximum Gasteiger partial charge on any atom is 0.127 e. The smallest absolute Gasteiger partial charge is 0.127 e. The topological polar surface area (TPSA) is 40.5 Å². The summed E-state index contributed by atoms with van der Waals surface area (Å²) in [5.74, 6) is 0.535. The molecule has 1 unspecified atom stereocenters. The van der Waals surface area contributed by atoms with Crippen LogP contribution in [-0.2, 0) is 11.0 Å². The Morgan fingerprint density at radius 3 is 2.30 bits per heavy atom. The molecule has 1 atom stereocenters. The molecule has 0 aliphatic carbocycles. The number of aromatic hydroxyl groups is 1. The van der Waals surface area contributed by atoms with Gasteiger partial charge in [-0.1, -0.05) is 34.1 Å². The van der Waals surface area contributed by atoms with Crippen LogP contribution in [0.2, 0.25) is 0 Å². The van der Waals surface area contributed by atoms with Crippen molar-refractivity contribution in [3.05, 3.63) is 23.8 Å². The fraction of sp³-hybridized carbons (Fsp3) is 0.625. The Kier molecular flexibility index (Phi) is 7.24. The summed E-state index contributed by atoms with van der Waals surface area (Å²) in [7, 11) is -1.08. The molecule has 0 amide bonds. The molecule has 1 N–H and O–H groups in total. The second-order valence-corrected chi connectivity index (χ2v) is 6.60. The lowest BCUT2D eigenvalue weighted by molar-refractivity contribution is 0.365. The van der Waals surface area contributed by atoms with Gasteiger partial charge in [0.05, 0.1) is 4.90 Å². The van der Waals surface area contributed by atoms with Gasteiger partial charge in [-0.2, -0.15) is 0 Å². The molecule has 1 aliphatic rings. The molecular formula is C16H27NO2S. The quantitative estimate of drug-likeness (QED) is 0.914. The molecule has 0 radical (unpaired) electrons. The molecule has 0 aromatic heterocycles. The van der Waals surface area contributed by atoms with Gasteiger partial charge in [0.2, 0.25) is 0 Å². The summed E-state index contributed by atoms with van der Waals surface area (Å²) in [6.45, 7) is 9.88. The van der Waals surface area contributed by atoms with Gasteiger partial charge in [-0.25, -0.2) is 8.51 Å². The van der Waals surface area contributed by atoms with Crippen LogP contribution in [0, 0.1) is 0 Å². The molecule has 4 heteroatoms. The summed E-state index contributed by atoms with van der Waals surface area (Å²) >= 11 is 0. The van der Waals surface area contributed by atoms with E-state index in [4.69, 9.17) is 0 Å². The van der Waals surface area contributed by atoms with Crippen LogP contribution in [-0.4, -0.2) is 26.7 Å². The lowest BCUT2D eigenvalue weighted by Gasteiger charge is -2.25. The third kappa shape index (κ3) is 4.32. The first-order valence-electron chi connectivity index (χ1n) is 7.59. The average molecular weight is 297 g/mol. The van der Waals surface area contributed by atoms with Crippen molar-refractivity contribution < 1.29 is 9.32 Å². The number of phenols is 1. The minimum atomic E-state index is -1.08. The molecule has 3 nitrogen and oxygen atoms in total. The van der Waals surface area contributed by atoms with E-state index in [0.717, 1.165) is 36.4 Å². The summed E-state index contributed by atoms with van der Waals surface area (Å²) in [4.78, 5) is 0.804. The number of hydrogen-bond donors (Lipinski definition) is 1. The van der Waals surface area contributed by atoms with Gasteiger partial charge in [0.1, 0.15) is 16.7 Å². The zero-order valence-corrected chi connectivity index (χ0v) is 13.9. The highest BCUT2D eigenvalue weighted by molar-refractivity contribution is 7.82. The van der Waals surface area contributed by atoms with Crippen molar-refractivity contribution in [1.29, 1.82) is 0 Å². The summed E-state index contributed by atoms with van der Waals surface area (Å²) in [6.07, 6.45) is 3.49. The average Bonchev–Trinajstić information content (AvgIpc) is 2.49. The lowest BCUT2D eigenvalue weighted by atomic mass is 10.0. The van der Waals surface area contributed by atoms with Crippen LogP contribution >= 0.6 is 0 Å². The second-order valence-electron chi connectivity index (χ2n) is 5.11. The molecule has 1 aliphatic heterocycles. The van der Waals surface area contributed by atoms with Gasteiger partial charge in [-0.05, 0) is 42.5 Å². The Morgan fingerprint density at radius 2 is 1.75 bits per heavy atom. The summed E-state index contributed by atoms with van der Waals surface area (Å²) in [5, 5.41) is 9.78. The molecule has 1 aromatic rings. The maximum absolute atomic E-state index is 12.4. The zero-order chi connectivity index (χ0) is 15.1. The van der Waals surface area contributed by atoms with Crippen molar-refractivity contribution >= 4 is 11.0 Å². The first-order chi connectivity index (χ1) is 9.59. The normalized spacial score (nSPS) is 17.4. The first-order valence-corrected chi connectivity index (χ1v) is 8.70. The molecule has 2 rings (SSSR count). The van der Waals surface area contributed by atoms with Gasteiger partial charge in [0.25, 0.3) is 0 Å². The predicted octanol–water partition coefficient (Wildman–Crippen LogP) is 4.05. The SMILES string of the molecule is CC.CC(C)c1cc(S(=O)N2CCCCC2)ccc1O. The molecule has 1 aromatic carbocycles. The van der Waals surface area contributed by atoms with E-state index in [1.54, 1.807) is 12.1 Å². The van der Waals surface area contributed by atoms with E-state index in [0.29, 0.717) is 5.75 Å². The summed E-state index contributed by atoms with van der Waals surface area (Å²) < 4.78 is 14.5. The largest absolute Gasteiger partial charge is 0.508 e. The van der Waals surface area contributed by atoms with Crippen molar-refractivity contribution in [3.8, 4) is 5.75 Å². The molecule has 0 bridgehead atoms. The zero-order valence-electron chi connectivity index (χ0n) is 13.1. The van der Waals surface area contributed by atoms with Crippen LogP contribution in [0.4, 0.5) is 0 Å². The monoisotopic (exact) mass is 297 g/mol. The van der Waals surface area contributed by atoms with Crippen LogP contribution < -0.4 is 0 Å². The van der Waals surface area contributed by atoms with Gasteiger partial charge in [0, 0.05) is 13.1 Å². The molecule has 1 fully saturated rings. The van der Waals surface area contributed by atoms with Gasteiger partial charge in [-0.3, -0.25) is 0 Å². The third-order valence-electron chi connectivity index (χ3n) is 3.37. The highest BCUT2D eigenvalue weighted by Crippen LogP contribution is 2.28. The van der Waals surface area contributed by atoms with Crippen LogP contribution in [0.1, 0.15) is 58.4 Å². The Hall–Kier alpha value is -0.870. The number of hydrogen-bond acceptors (Lipinski definition) is 2. The van der Waals surface area contributed by atoms with Crippen LogP contribution in [0.5, 0.6) is 5.75 Å². The third-order valence-corrected chi connectivity index (χ3v) is 4.86. The van der Waals surface area contributed by atoms with Crippen LogP contribution in [0.15, 0.2) is 23.1 Å². The highest BCUT2D eigenvalue weighted by Gasteiger charge is 2.19. The molecule has 114 valence electrons. The van der Waals surface area contributed by atoms with Gasteiger partial charge in [-0.15, -0.1) is 0 Å². The predicted molar refractivity (Wildman–Crippen MR) is 85.4 cm³/mol. The number of piperidine rings is 1. The van der Waals surface area contributed by atoms with E-state index >= 15 is 0 Å². The Bertz CT molecular complexity index is 440. The van der Waals surface area contributed by atoms with E-state index in [9.17, 15) is 9.32 Å². The van der Waals surface area contributed by atoms with E-state index in [1.807, 2.05) is 38.1 Å². The van der Waals surface area contributed by atoms with Gasteiger partial charge in [0.15, 0.2) is 0 Å².